The van der Waals surface area contributed by atoms with E-state index >= 15 is 0 Å². The number of carboxylic acids is 1. The maximum Gasteiger partial charge on any atom is 0.182 e. The fourth-order valence-electron chi connectivity index (χ4n) is 3.86. The average Bonchev–Trinajstić information content (AvgIpc) is 3.23. The van der Waals surface area contributed by atoms with E-state index in [1.807, 2.05) is 0 Å². The summed E-state index contributed by atoms with van der Waals surface area (Å²) in [4.78, 5) is 23.1. The number of rotatable bonds is 2. The number of carbonyl (C=O) groups is 1. The van der Waals surface area contributed by atoms with E-state index in [9.17, 15) is 9.90 Å². The SMILES string of the molecule is C[C@H]1CCCc2sc3ncn4nc(-c5ccccc5C(=O)[O-])nc4c3c21. The number of nitrogens with zero attached hydrogens (tertiary/aromatic N) is 4. The van der Waals surface area contributed by atoms with Gasteiger partial charge in [-0.15, -0.1) is 16.4 Å². The Labute approximate surface area is 153 Å². The Kier molecular flexibility index (Phi) is 3.33. The Morgan fingerprint density at radius 3 is 3.04 bits per heavy atom. The van der Waals surface area contributed by atoms with Crippen LogP contribution < -0.4 is 5.11 Å². The fraction of sp³-hybridized carbons (Fsp3) is 0.263. The average molecular weight is 363 g/mol. The van der Waals surface area contributed by atoms with Gasteiger partial charge in [-0.2, -0.15) is 0 Å². The summed E-state index contributed by atoms with van der Waals surface area (Å²) in [6.07, 6.45) is 5.10. The van der Waals surface area contributed by atoms with Gasteiger partial charge in [0.25, 0.3) is 0 Å². The first-order valence-corrected chi connectivity index (χ1v) is 9.42. The van der Waals surface area contributed by atoms with E-state index in [1.165, 1.54) is 22.9 Å². The normalized spacial score (nSPS) is 16.9. The van der Waals surface area contributed by atoms with Crippen LogP contribution in [0, 0.1) is 0 Å². The van der Waals surface area contributed by atoms with Crippen LogP contribution in [0.5, 0.6) is 0 Å². The second-order valence-electron chi connectivity index (χ2n) is 6.69. The number of aromatic nitrogens is 4. The summed E-state index contributed by atoms with van der Waals surface area (Å²) < 4.78 is 1.65. The third kappa shape index (κ3) is 2.17. The number of fused-ring (bicyclic) bond motifs is 5. The Hall–Kier alpha value is -2.80. The third-order valence-corrected chi connectivity index (χ3v) is 6.24. The number of aryl methyl sites for hydroxylation is 1. The predicted octanol–water partition coefficient (Wildman–Crippen LogP) is 2.81. The molecule has 0 radical (unpaired) electrons. The van der Waals surface area contributed by atoms with Gasteiger partial charge < -0.3 is 9.90 Å². The van der Waals surface area contributed by atoms with E-state index in [-0.39, 0.29) is 5.56 Å². The van der Waals surface area contributed by atoms with Crippen LogP contribution in [0.25, 0.3) is 27.3 Å². The monoisotopic (exact) mass is 363 g/mol. The molecule has 6 nitrogen and oxygen atoms in total. The molecule has 0 fully saturated rings. The molecule has 0 saturated heterocycles. The highest BCUT2D eigenvalue weighted by molar-refractivity contribution is 7.19. The second-order valence-corrected chi connectivity index (χ2v) is 7.78. The van der Waals surface area contributed by atoms with Crippen LogP contribution in [0.3, 0.4) is 0 Å². The minimum Gasteiger partial charge on any atom is -0.545 e. The number of benzene rings is 1. The zero-order valence-corrected chi connectivity index (χ0v) is 14.9. The topological polar surface area (TPSA) is 83.2 Å². The van der Waals surface area contributed by atoms with Gasteiger partial charge in [0, 0.05) is 16.0 Å². The van der Waals surface area contributed by atoms with Crippen LogP contribution in [0.2, 0.25) is 0 Å². The van der Waals surface area contributed by atoms with Crippen LogP contribution in [0.15, 0.2) is 30.6 Å². The van der Waals surface area contributed by atoms with Gasteiger partial charge in [-0.1, -0.05) is 31.2 Å². The molecular formula is C19H15N4O2S-. The largest absolute Gasteiger partial charge is 0.545 e. The van der Waals surface area contributed by atoms with Gasteiger partial charge in [0.05, 0.1) is 11.4 Å². The van der Waals surface area contributed by atoms with Crippen molar-refractivity contribution in [1.82, 2.24) is 19.6 Å². The number of thiophene rings is 1. The van der Waals surface area contributed by atoms with E-state index in [1.54, 1.807) is 40.4 Å². The van der Waals surface area contributed by atoms with E-state index in [2.05, 4.69) is 17.0 Å². The molecule has 4 aromatic rings. The Balaban J connectivity index is 1.80. The molecule has 1 aromatic carbocycles. The highest BCUT2D eigenvalue weighted by atomic mass is 32.1. The molecule has 1 atom stereocenters. The molecule has 0 amide bonds. The van der Waals surface area contributed by atoms with Crippen LogP contribution in [-0.4, -0.2) is 25.6 Å². The van der Waals surface area contributed by atoms with Crippen molar-refractivity contribution in [3.8, 4) is 11.4 Å². The quantitative estimate of drug-likeness (QED) is 0.547. The molecule has 0 aliphatic heterocycles. The lowest BCUT2D eigenvalue weighted by Crippen LogP contribution is -2.23. The van der Waals surface area contributed by atoms with E-state index < -0.39 is 5.97 Å². The number of aromatic carboxylic acids is 1. The molecule has 7 heteroatoms. The van der Waals surface area contributed by atoms with Crippen molar-refractivity contribution >= 4 is 33.2 Å². The Morgan fingerprint density at radius 2 is 2.19 bits per heavy atom. The molecule has 0 spiro atoms. The number of carboxylic acid groups (broad SMARTS) is 1. The summed E-state index contributed by atoms with van der Waals surface area (Å²) in [7, 11) is 0. The third-order valence-electron chi connectivity index (χ3n) is 5.06. The molecule has 1 aliphatic rings. The molecule has 130 valence electrons. The van der Waals surface area contributed by atoms with Gasteiger partial charge in [0.2, 0.25) is 0 Å². The molecule has 26 heavy (non-hydrogen) atoms. The Morgan fingerprint density at radius 1 is 1.35 bits per heavy atom. The first-order valence-electron chi connectivity index (χ1n) is 8.61. The van der Waals surface area contributed by atoms with E-state index in [4.69, 9.17) is 4.98 Å². The lowest BCUT2D eigenvalue weighted by Gasteiger charge is -2.18. The Bertz CT molecular complexity index is 1180. The number of hydrogen-bond acceptors (Lipinski definition) is 6. The lowest BCUT2D eigenvalue weighted by atomic mass is 9.87. The fourth-order valence-corrected chi connectivity index (χ4v) is 5.15. The summed E-state index contributed by atoms with van der Waals surface area (Å²) in [5, 5.41) is 17.0. The molecule has 0 saturated carbocycles. The zero-order valence-electron chi connectivity index (χ0n) is 14.1. The molecule has 5 rings (SSSR count). The van der Waals surface area contributed by atoms with Gasteiger partial charge in [0.15, 0.2) is 11.5 Å². The summed E-state index contributed by atoms with van der Waals surface area (Å²) in [6, 6.07) is 6.66. The maximum atomic E-state index is 11.4. The molecule has 3 aromatic heterocycles. The van der Waals surface area contributed by atoms with Crippen molar-refractivity contribution in [3.05, 3.63) is 46.6 Å². The summed E-state index contributed by atoms with van der Waals surface area (Å²) in [6.45, 7) is 2.25. The molecule has 0 bridgehead atoms. The van der Waals surface area contributed by atoms with E-state index in [0.29, 0.717) is 17.3 Å². The van der Waals surface area contributed by atoms with E-state index in [0.717, 1.165) is 28.7 Å². The molecule has 0 N–H and O–H groups in total. The zero-order chi connectivity index (χ0) is 17.8. The second kappa shape index (κ2) is 5.60. The lowest BCUT2D eigenvalue weighted by molar-refractivity contribution is -0.254. The molecule has 3 heterocycles. The summed E-state index contributed by atoms with van der Waals surface area (Å²) in [5.41, 5.74) is 2.63. The van der Waals surface area contributed by atoms with Gasteiger partial charge in [-0.25, -0.2) is 14.5 Å². The first kappa shape index (κ1) is 15.5. The van der Waals surface area contributed by atoms with Crippen molar-refractivity contribution < 1.29 is 9.90 Å². The summed E-state index contributed by atoms with van der Waals surface area (Å²) in [5.74, 6) is -0.386. The number of hydrogen-bond donors (Lipinski definition) is 0. The van der Waals surface area contributed by atoms with Crippen molar-refractivity contribution in [2.45, 2.75) is 32.1 Å². The molecular weight excluding hydrogens is 348 g/mol. The maximum absolute atomic E-state index is 11.4. The van der Waals surface area contributed by atoms with Crippen LogP contribution >= 0.6 is 11.3 Å². The summed E-state index contributed by atoms with van der Waals surface area (Å²) >= 11 is 1.74. The van der Waals surface area contributed by atoms with Crippen molar-refractivity contribution in [3.63, 3.8) is 0 Å². The van der Waals surface area contributed by atoms with Gasteiger partial charge in [-0.05, 0) is 30.7 Å². The highest BCUT2D eigenvalue weighted by Gasteiger charge is 2.25. The van der Waals surface area contributed by atoms with Crippen molar-refractivity contribution in [2.75, 3.05) is 0 Å². The van der Waals surface area contributed by atoms with Crippen molar-refractivity contribution in [1.29, 1.82) is 0 Å². The van der Waals surface area contributed by atoms with Gasteiger partial charge in [-0.3, -0.25) is 0 Å². The highest BCUT2D eigenvalue weighted by Crippen LogP contribution is 2.42. The van der Waals surface area contributed by atoms with Crippen molar-refractivity contribution in [2.24, 2.45) is 0 Å². The van der Waals surface area contributed by atoms with Gasteiger partial charge in [0.1, 0.15) is 11.2 Å². The first-order chi connectivity index (χ1) is 12.6. The molecule has 0 unspecified atom stereocenters. The smallest absolute Gasteiger partial charge is 0.182 e. The minimum absolute atomic E-state index is 0.0910. The van der Waals surface area contributed by atoms with Gasteiger partial charge >= 0.3 is 0 Å². The molecule has 1 aliphatic carbocycles. The predicted molar refractivity (Wildman–Crippen MR) is 97.3 cm³/mol. The van der Waals surface area contributed by atoms with Crippen LogP contribution in [-0.2, 0) is 6.42 Å². The standard InChI is InChI=1S/C19H16N4O2S/c1-10-5-4-8-13-14(10)15-17-21-16(22-23(17)9-20-18(15)26-13)11-6-2-3-7-12(11)19(24)25/h2-3,6-7,9-10H,4-5,8H2,1H3,(H,24,25)/p-1/t10-/m0/s1. The minimum atomic E-state index is -1.23. The van der Waals surface area contributed by atoms with Crippen LogP contribution in [0.1, 0.15) is 46.5 Å². The number of carbonyl (C=O) groups excluding carboxylic acids is 1. The van der Waals surface area contributed by atoms with Crippen LogP contribution in [0.4, 0.5) is 0 Å².